The van der Waals surface area contributed by atoms with Gasteiger partial charge >= 0.3 is 5.97 Å². The maximum absolute atomic E-state index is 11.7. The Kier molecular flexibility index (Phi) is 20.2. The minimum absolute atomic E-state index is 0.0930. The summed E-state index contributed by atoms with van der Waals surface area (Å²) < 4.78 is 5.06. The largest absolute Gasteiger partial charge is 0.465 e. The van der Waals surface area contributed by atoms with Crippen LogP contribution in [0.25, 0.3) is 0 Å². The molecule has 0 aromatic carbocycles. The molecule has 0 aliphatic heterocycles. The fourth-order valence-electron chi connectivity index (χ4n) is 2.27. The van der Waals surface area contributed by atoms with E-state index in [1.165, 1.54) is 0 Å². The summed E-state index contributed by atoms with van der Waals surface area (Å²) in [5, 5.41) is -0.0930. The van der Waals surface area contributed by atoms with Crippen LogP contribution < -0.4 is 0 Å². The summed E-state index contributed by atoms with van der Waals surface area (Å²) in [4.78, 5) is 11.7. The molecule has 156 valence electrons. The van der Waals surface area contributed by atoms with Crippen LogP contribution in [-0.2, 0) is 9.53 Å². The van der Waals surface area contributed by atoms with Crippen molar-refractivity contribution in [3.8, 4) is 0 Å². The van der Waals surface area contributed by atoms with E-state index in [1.54, 1.807) is 11.8 Å². The molecule has 0 fully saturated rings. The van der Waals surface area contributed by atoms with Crippen LogP contribution >= 0.6 is 11.8 Å². The van der Waals surface area contributed by atoms with Gasteiger partial charge in [-0.25, -0.2) is 0 Å². The summed E-state index contributed by atoms with van der Waals surface area (Å²) in [7, 11) is 0. The first-order valence-corrected chi connectivity index (χ1v) is 11.6. The molecule has 0 bridgehead atoms. The minimum Gasteiger partial charge on any atom is -0.465 e. The van der Waals surface area contributed by atoms with E-state index in [2.05, 4.69) is 79.8 Å². The van der Waals surface area contributed by atoms with Crippen LogP contribution in [0.15, 0.2) is 72.9 Å². The zero-order valence-corrected chi connectivity index (χ0v) is 18.7. The van der Waals surface area contributed by atoms with Gasteiger partial charge in [0.05, 0.1) is 6.61 Å². The van der Waals surface area contributed by atoms with Gasteiger partial charge in [0.15, 0.2) is 0 Å². The van der Waals surface area contributed by atoms with E-state index >= 15 is 0 Å². The lowest BCUT2D eigenvalue weighted by Gasteiger charge is -2.10. The molecule has 0 amide bonds. The van der Waals surface area contributed by atoms with Gasteiger partial charge in [0.25, 0.3) is 0 Å². The van der Waals surface area contributed by atoms with Crippen molar-refractivity contribution >= 4 is 17.7 Å². The minimum atomic E-state index is -0.116. The van der Waals surface area contributed by atoms with Gasteiger partial charge in [0, 0.05) is 0 Å². The van der Waals surface area contributed by atoms with Gasteiger partial charge in [-0.05, 0) is 58.1 Å². The van der Waals surface area contributed by atoms with Crippen molar-refractivity contribution < 1.29 is 9.53 Å². The Morgan fingerprint density at radius 2 is 1.11 bits per heavy atom. The second-order valence-electron chi connectivity index (χ2n) is 6.13. The molecule has 1 atom stereocenters. The van der Waals surface area contributed by atoms with Crippen LogP contribution in [0.4, 0.5) is 0 Å². The molecule has 0 aliphatic carbocycles. The quantitative estimate of drug-likeness (QED) is 0.199. The van der Waals surface area contributed by atoms with E-state index in [4.69, 9.17) is 4.74 Å². The maximum Gasteiger partial charge on any atom is 0.319 e. The Hall–Kier alpha value is -1.74. The number of ether oxygens (including phenoxy) is 1. The first-order valence-electron chi connectivity index (χ1n) is 10.4. The molecule has 0 aliphatic rings. The molecule has 0 aromatic heterocycles. The van der Waals surface area contributed by atoms with Crippen molar-refractivity contribution in [2.45, 2.75) is 64.0 Å². The van der Waals surface area contributed by atoms with Crippen LogP contribution in [0, 0.1) is 0 Å². The Morgan fingerprint density at radius 1 is 0.714 bits per heavy atom. The molecular formula is C25H38O2S. The number of carbonyl (C=O) groups is 1. The number of carbonyl (C=O) groups excluding carboxylic acids is 1. The summed E-state index contributed by atoms with van der Waals surface area (Å²) in [6.07, 6.45) is 34.8. The Morgan fingerprint density at radius 3 is 1.46 bits per heavy atom. The smallest absolute Gasteiger partial charge is 0.319 e. The molecule has 0 radical (unpaired) electrons. The normalized spacial score (nSPS) is 14.0. The second kappa shape index (κ2) is 21.6. The highest BCUT2D eigenvalue weighted by Gasteiger charge is 2.16. The van der Waals surface area contributed by atoms with Gasteiger partial charge in [-0.2, -0.15) is 0 Å². The molecule has 0 aromatic rings. The van der Waals surface area contributed by atoms with E-state index < -0.39 is 0 Å². The molecule has 0 saturated heterocycles. The number of esters is 1. The molecule has 1 unspecified atom stereocenters. The van der Waals surface area contributed by atoms with Crippen molar-refractivity contribution in [1.82, 2.24) is 0 Å². The first-order chi connectivity index (χ1) is 13.8. The predicted molar refractivity (Wildman–Crippen MR) is 127 cm³/mol. The lowest BCUT2D eigenvalue weighted by molar-refractivity contribution is -0.142. The number of hydrogen-bond donors (Lipinski definition) is 0. The lowest BCUT2D eigenvalue weighted by atomic mass is 10.2. The summed E-state index contributed by atoms with van der Waals surface area (Å²) >= 11 is 1.54. The second-order valence-corrected chi connectivity index (χ2v) is 7.17. The van der Waals surface area contributed by atoms with Crippen LogP contribution in [0.5, 0.6) is 0 Å². The van der Waals surface area contributed by atoms with Crippen molar-refractivity contribution in [3.63, 3.8) is 0 Å². The molecule has 0 rings (SSSR count). The highest BCUT2D eigenvalue weighted by atomic mass is 32.2. The number of thioether (sulfide) groups is 1. The first kappa shape index (κ1) is 26.3. The van der Waals surface area contributed by atoms with Gasteiger partial charge in [-0.3, -0.25) is 4.79 Å². The van der Waals surface area contributed by atoms with E-state index in [0.29, 0.717) is 6.61 Å². The van der Waals surface area contributed by atoms with Gasteiger partial charge in [0.1, 0.15) is 5.25 Å². The maximum atomic E-state index is 11.7. The van der Waals surface area contributed by atoms with E-state index in [9.17, 15) is 4.79 Å². The van der Waals surface area contributed by atoms with Gasteiger partial charge in [0.2, 0.25) is 0 Å². The monoisotopic (exact) mass is 402 g/mol. The SMILES string of the molecule is CC/C=C\C/C=C\C/C=C\C/C=C\C/C=C\C/C=C\CC(SC)C(=O)OCC. The van der Waals surface area contributed by atoms with Gasteiger partial charge < -0.3 is 4.74 Å². The average molecular weight is 403 g/mol. The third kappa shape index (κ3) is 17.7. The lowest BCUT2D eigenvalue weighted by Crippen LogP contribution is -2.19. The number of allylic oxidation sites excluding steroid dienone is 12. The number of rotatable bonds is 16. The number of hydrogen-bond acceptors (Lipinski definition) is 3. The highest BCUT2D eigenvalue weighted by molar-refractivity contribution is 7.99. The van der Waals surface area contributed by atoms with Crippen molar-refractivity contribution in [2.75, 3.05) is 12.9 Å². The summed E-state index contributed by atoms with van der Waals surface area (Å²) in [6.45, 7) is 4.44. The Labute approximate surface area is 177 Å². The Balaban J connectivity index is 3.74. The summed E-state index contributed by atoms with van der Waals surface area (Å²) in [5.74, 6) is -0.116. The summed E-state index contributed by atoms with van der Waals surface area (Å²) in [6, 6.07) is 0. The molecule has 0 N–H and O–H groups in total. The predicted octanol–water partition coefficient (Wildman–Crippen LogP) is 7.37. The van der Waals surface area contributed by atoms with Crippen molar-refractivity contribution in [1.29, 1.82) is 0 Å². The van der Waals surface area contributed by atoms with E-state index in [1.807, 2.05) is 13.2 Å². The van der Waals surface area contributed by atoms with Crippen LogP contribution in [-0.4, -0.2) is 24.1 Å². The average Bonchev–Trinajstić information content (AvgIpc) is 2.70. The van der Waals surface area contributed by atoms with E-state index in [-0.39, 0.29) is 11.2 Å². The molecule has 0 saturated carbocycles. The zero-order chi connectivity index (χ0) is 20.7. The van der Waals surface area contributed by atoms with E-state index in [0.717, 1.165) is 44.9 Å². The molecule has 28 heavy (non-hydrogen) atoms. The molecule has 0 heterocycles. The molecule has 2 nitrogen and oxygen atoms in total. The van der Waals surface area contributed by atoms with Crippen LogP contribution in [0.3, 0.4) is 0 Å². The van der Waals surface area contributed by atoms with Gasteiger partial charge in [-0.1, -0.05) is 79.8 Å². The molecule has 3 heteroatoms. The topological polar surface area (TPSA) is 26.3 Å². The Bertz CT molecular complexity index is 539. The third-order valence-electron chi connectivity index (χ3n) is 3.78. The van der Waals surface area contributed by atoms with Crippen molar-refractivity contribution in [2.24, 2.45) is 0 Å². The molecular weight excluding hydrogens is 364 g/mol. The van der Waals surface area contributed by atoms with Crippen LogP contribution in [0.2, 0.25) is 0 Å². The molecule has 0 spiro atoms. The fraction of sp³-hybridized carbons (Fsp3) is 0.480. The zero-order valence-electron chi connectivity index (χ0n) is 17.9. The standard InChI is InChI=1S/C25H38O2S/c1-4-6-7-8-9-10-11-12-13-14-15-16-17-18-19-20-21-22-23-24(28-3)25(26)27-5-2/h6-7,9-10,12-13,15-16,18-19,21-22,24H,4-5,8,11,14,17,20,23H2,1-3H3/b7-6-,10-9-,13-12-,16-15-,19-18-,22-21-. The fourth-order valence-corrected chi connectivity index (χ4v) is 2.83. The third-order valence-corrected chi connectivity index (χ3v) is 4.73. The summed E-state index contributed by atoms with van der Waals surface area (Å²) in [5.41, 5.74) is 0. The highest BCUT2D eigenvalue weighted by Crippen LogP contribution is 2.13. The van der Waals surface area contributed by atoms with Gasteiger partial charge in [-0.15, -0.1) is 11.8 Å². The van der Waals surface area contributed by atoms with Crippen molar-refractivity contribution in [3.05, 3.63) is 72.9 Å². The van der Waals surface area contributed by atoms with Crippen LogP contribution in [0.1, 0.15) is 58.8 Å².